The second kappa shape index (κ2) is 8.50. The number of hydrogen-bond acceptors (Lipinski definition) is 6. The molecular formula is C23H22ClNO5. The summed E-state index contributed by atoms with van der Waals surface area (Å²) in [7, 11) is 1.38. The number of halogens is 1. The Kier molecular flexibility index (Phi) is 5.79. The van der Waals surface area contributed by atoms with Gasteiger partial charge in [-0.05, 0) is 48.2 Å². The third-order valence-electron chi connectivity index (χ3n) is 5.28. The Morgan fingerprint density at radius 1 is 1.23 bits per heavy atom. The molecule has 0 unspecified atom stereocenters. The van der Waals surface area contributed by atoms with Crippen molar-refractivity contribution in [3.8, 4) is 5.75 Å². The summed E-state index contributed by atoms with van der Waals surface area (Å²) < 4.78 is 16.5. The van der Waals surface area contributed by atoms with E-state index >= 15 is 0 Å². The summed E-state index contributed by atoms with van der Waals surface area (Å²) in [6, 6.07) is 11.1. The van der Waals surface area contributed by atoms with Crippen LogP contribution in [-0.2, 0) is 29.0 Å². The number of carbonyl (C=O) groups excluding carboxylic acids is 1. The summed E-state index contributed by atoms with van der Waals surface area (Å²) in [5.74, 6) is 0.410. The molecule has 0 N–H and O–H groups in total. The molecule has 0 amide bonds. The van der Waals surface area contributed by atoms with E-state index in [-0.39, 0.29) is 18.0 Å². The van der Waals surface area contributed by atoms with Gasteiger partial charge in [0, 0.05) is 36.0 Å². The van der Waals surface area contributed by atoms with Gasteiger partial charge in [-0.3, -0.25) is 9.69 Å². The molecule has 0 bridgehead atoms. The minimum absolute atomic E-state index is 0.252. The standard InChI is InChI=1S/C23H22ClNO5/c1-14-9-21(27)30-23-18(14)10-16(5-8-20(26)28-2)22-19(23)12-25(13-29-22)11-15-3-6-17(24)7-4-15/h3-4,6-7,9-10H,5,8,11-13H2,1-2H3. The van der Waals surface area contributed by atoms with Crippen LogP contribution in [0.2, 0.25) is 5.02 Å². The van der Waals surface area contributed by atoms with E-state index in [4.69, 9.17) is 25.5 Å². The molecule has 30 heavy (non-hydrogen) atoms. The van der Waals surface area contributed by atoms with E-state index in [1.165, 1.54) is 13.2 Å². The fourth-order valence-corrected chi connectivity index (χ4v) is 3.91. The van der Waals surface area contributed by atoms with Crippen LogP contribution in [0.15, 0.2) is 45.6 Å². The van der Waals surface area contributed by atoms with Crippen molar-refractivity contribution in [2.45, 2.75) is 32.9 Å². The number of ether oxygens (including phenoxy) is 2. The first-order chi connectivity index (χ1) is 14.4. The van der Waals surface area contributed by atoms with Crippen LogP contribution in [0.4, 0.5) is 0 Å². The molecule has 0 radical (unpaired) electrons. The van der Waals surface area contributed by atoms with Gasteiger partial charge < -0.3 is 13.9 Å². The highest BCUT2D eigenvalue weighted by Crippen LogP contribution is 2.37. The Morgan fingerprint density at radius 2 is 2.00 bits per heavy atom. The fraction of sp³-hybridized carbons (Fsp3) is 0.304. The van der Waals surface area contributed by atoms with Crippen molar-refractivity contribution in [1.82, 2.24) is 4.90 Å². The zero-order chi connectivity index (χ0) is 21.3. The van der Waals surface area contributed by atoms with Crippen molar-refractivity contribution < 1.29 is 18.7 Å². The highest BCUT2D eigenvalue weighted by molar-refractivity contribution is 6.30. The third-order valence-corrected chi connectivity index (χ3v) is 5.54. The summed E-state index contributed by atoms with van der Waals surface area (Å²) in [4.78, 5) is 25.8. The van der Waals surface area contributed by atoms with Crippen LogP contribution in [0.3, 0.4) is 0 Å². The number of aryl methyl sites for hydroxylation is 2. The number of methoxy groups -OCH3 is 1. The van der Waals surface area contributed by atoms with Crippen LogP contribution in [0.1, 0.15) is 28.7 Å². The topological polar surface area (TPSA) is 69.0 Å². The van der Waals surface area contributed by atoms with Crippen molar-refractivity contribution in [2.75, 3.05) is 13.8 Å². The maximum Gasteiger partial charge on any atom is 0.336 e. The first kappa shape index (κ1) is 20.4. The molecule has 2 aromatic carbocycles. The molecule has 4 rings (SSSR count). The molecule has 0 saturated heterocycles. The van der Waals surface area contributed by atoms with Crippen molar-refractivity contribution in [1.29, 1.82) is 0 Å². The highest BCUT2D eigenvalue weighted by Gasteiger charge is 2.25. The Hall–Kier alpha value is -2.83. The summed E-state index contributed by atoms with van der Waals surface area (Å²) in [6.07, 6.45) is 0.739. The molecular weight excluding hydrogens is 406 g/mol. The number of fused-ring (bicyclic) bond motifs is 3. The van der Waals surface area contributed by atoms with Crippen molar-refractivity contribution >= 4 is 28.5 Å². The first-order valence-electron chi connectivity index (χ1n) is 9.70. The van der Waals surface area contributed by atoms with Crippen molar-refractivity contribution in [3.63, 3.8) is 0 Å². The SMILES string of the molecule is COC(=O)CCc1cc2c(C)cc(=O)oc2c2c1OCN(Cc1ccc(Cl)cc1)C2. The molecule has 7 heteroatoms. The zero-order valence-electron chi connectivity index (χ0n) is 16.9. The van der Waals surface area contributed by atoms with E-state index < -0.39 is 0 Å². The predicted molar refractivity (Wildman–Crippen MR) is 114 cm³/mol. The zero-order valence-corrected chi connectivity index (χ0v) is 17.6. The highest BCUT2D eigenvalue weighted by atomic mass is 35.5. The molecule has 0 atom stereocenters. The second-order valence-electron chi connectivity index (χ2n) is 7.43. The van der Waals surface area contributed by atoms with Crippen LogP contribution in [-0.4, -0.2) is 24.7 Å². The quantitative estimate of drug-likeness (QED) is 0.448. The molecule has 156 valence electrons. The lowest BCUT2D eigenvalue weighted by Gasteiger charge is -2.31. The lowest BCUT2D eigenvalue weighted by molar-refractivity contribution is -0.140. The minimum Gasteiger partial charge on any atom is -0.477 e. The van der Waals surface area contributed by atoms with Gasteiger partial charge in [0.2, 0.25) is 0 Å². The smallest absolute Gasteiger partial charge is 0.336 e. The maximum absolute atomic E-state index is 12.0. The molecule has 0 spiro atoms. The Morgan fingerprint density at radius 3 is 2.73 bits per heavy atom. The molecule has 1 aliphatic rings. The lowest BCUT2D eigenvalue weighted by atomic mass is 9.97. The van der Waals surface area contributed by atoms with Gasteiger partial charge in [0.1, 0.15) is 18.1 Å². The van der Waals surface area contributed by atoms with Crippen molar-refractivity contribution in [3.05, 3.63) is 74.1 Å². The van der Waals surface area contributed by atoms with E-state index in [9.17, 15) is 9.59 Å². The summed E-state index contributed by atoms with van der Waals surface area (Å²) in [5.41, 5.74) is 3.82. The van der Waals surface area contributed by atoms with Gasteiger partial charge in [0.15, 0.2) is 0 Å². The van der Waals surface area contributed by atoms with Gasteiger partial charge in [-0.25, -0.2) is 4.79 Å². The number of carbonyl (C=O) groups is 1. The predicted octanol–water partition coefficient (Wildman–Crippen LogP) is 4.21. The van der Waals surface area contributed by atoms with Crippen molar-refractivity contribution in [2.24, 2.45) is 0 Å². The number of rotatable bonds is 5. The molecule has 0 aliphatic carbocycles. The first-order valence-corrected chi connectivity index (χ1v) is 10.1. The molecule has 1 aromatic heterocycles. The molecule has 3 aromatic rings. The molecule has 0 saturated carbocycles. The van der Waals surface area contributed by atoms with Crippen LogP contribution in [0.5, 0.6) is 5.75 Å². The number of benzene rings is 2. The number of nitrogens with zero attached hydrogens (tertiary/aromatic N) is 1. The number of esters is 1. The Bertz CT molecular complexity index is 1150. The van der Waals surface area contributed by atoms with Gasteiger partial charge in [-0.2, -0.15) is 0 Å². The van der Waals surface area contributed by atoms with E-state index in [2.05, 4.69) is 4.90 Å². The lowest BCUT2D eigenvalue weighted by Crippen LogP contribution is -2.32. The largest absolute Gasteiger partial charge is 0.477 e. The van der Waals surface area contributed by atoms with E-state index in [1.807, 2.05) is 37.3 Å². The normalized spacial score (nSPS) is 13.7. The molecule has 1 aliphatic heterocycles. The fourth-order valence-electron chi connectivity index (χ4n) is 3.78. The van der Waals surface area contributed by atoms with Crippen LogP contribution < -0.4 is 10.4 Å². The van der Waals surface area contributed by atoms with Crippen LogP contribution in [0, 0.1) is 6.92 Å². The average Bonchev–Trinajstić information content (AvgIpc) is 2.73. The summed E-state index contributed by atoms with van der Waals surface area (Å²) in [5, 5.41) is 1.54. The van der Waals surface area contributed by atoms with Gasteiger partial charge >= 0.3 is 11.6 Å². The van der Waals surface area contributed by atoms with Gasteiger partial charge in [-0.15, -0.1) is 0 Å². The van der Waals surface area contributed by atoms with E-state index in [1.54, 1.807) is 0 Å². The van der Waals surface area contributed by atoms with E-state index in [0.717, 1.165) is 27.6 Å². The van der Waals surface area contributed by atoms with Gasteiger partial charge in [0.25, 0.3) is 0 Å². The van der Waals surface area contributed by atoms with Gasteiger partial charge in [0.05, 0.1) is 12.7 Å². The Labute approximate surface area is 179 Å². The maximum atomic E-state index is 12.0. The van der Waals surface area contributed by atoms with E-state index in [0.29, 0.717) is 42.6 Å². The summed E-state index contributed by atoms with van der Waals surface area (Å²) in [6.45, 7) is 3.50. The molecule has 2 heterocycles. The minimum atomic E-state index is -0.390. The van der Waals surface area contributed by atoms with Crippen LogP contribution in [0.25, 0.3) is 11.0 Å². The Balaban J connectivity index is 1.72. The van der Waals surface area contributed by atoms with Crippen LogP contribution >= 0.6 is 11.6 Å². The molecule has 6 nitrogen and oxygen atoms in total. The van der Waals surface area contributed by atoms with Gasteiger partial charge in [-0.1, -0.05) is 23.7 Å². The number of hydrogen-bond donors (Lipinski definition) is 0. The summed E-state index contributed by atoms with van der Waals surface area (Å²) >= 11 is 5.98. The average molecular weight is 428 g/mol. The monoisotopic (exact) mass is 427 g/mol. The third kappa shape index (κ3) is 4.20. The second-order valence-corrected chi connectivity index (χ2v) is 7.87. The molecule has 0 fully saturated rings.